The highest BCUT2D eigenvalue weighted by molar-refractivity contribution is 5.69. The molecule has 0 atom stereocenters. The van der Waals surface area contributed by atoms with E-state index in [1.54, 1.807) is 6.20 Å². The molecule has 4 heteroatoms. The molecule has 0 saturated heterocycles. The summed E-state index contributed by atoms with van der Waals surface area (Å²) in [7, 11) is 0. The number of hydrogen-bond acceptors (Lipinski definition) is 3. The van der Waals surface area contributed by atoms with Crippen LogP contribution in [-0.4, -0.2) is 20.5 Å². The zero-order chi connectivity index (χ0) is 11.0. The monoisotopic (exact) mass is 216 g/mol. The average Bonchev–Trinajstić information content (AvgIpc) is 2.84. The van der Waals surface area contributed by atoms with Crippen LogP contribution in [0.4, 0.5) is 0 Å². The maximum atomic E-state index is 6.33. The lowest BCUT2D eigenvalue weighted by molar-refractivity contribution is 0.428. The van der Waals surface area contributed by atoms with E-state index in [2.05, 4.69) is 15.0 Å². The Morgan fingerprint density at radius 3 is 2.94 bits per heavy atom. The third-order valence-electron chi connectivity index (χ3n) is 3.43. The van der Waals surface area contributed by atoms with Gasteiger partial charge < -0.3 is 10.7 Å². The topological polar surface area (TPSA) is 67.6 Å². The van der Waals surface area contributed by atoms with Gasteiger partial charge in [0.1, 0.15) is 5.82 Å². The third-order valence-corrected chi connectivity index (χ3v) is 3.43. The Bertz CT molecular complexity index is 463. The molecule has 3 rings (SSSR count). The maximum Gasteiger partial charge on any atom is 0.177 e. The number of H-pyrrole nitrogens is 1. The van der Waals surface area contributed by atoms with Gasteiger partial charge in [-0.25, -0.2) is 9.97 Å². The molecule has 1 aliphatic rings. The molecule has 0 amide bonds. The highest BCUT2D eigenvalue weighted by atomic mass is 15.0. The Morgan fingerprint density at radius 1 is 1.38 bits per heavy atom. The minimum absolute atomic E-state index is 0.0477. The molecule has 2 heterocycles. The second kappa shape index (κ2) is 3.56. The fourth-order valence-corrected chi connectivity index (χ4v) is 2.57. The van der Waals surface area contributed by atoms with Crippen molar-refractivity contribution in [2.75, 3.05) is 0 Å². The molecule has 3 N–H and O–H groups in total. The Balaban J connectivity index is 1.89. The van der Waals surface area contributed by atoms with Crippen LogP contribution < -0.4 is 5.73 Å². The predicted octanol–water partition coefficient (Wildman–Crippen LogP) is 1.77. The lowest BCUT2D eigenvalue weighted by atomic mass is 9.94. The first-order valence-corrected chi connectivity index (χ1v) is 5.84. The molecule has 2 aromatic rings. The van der Waals surface area contributed by atoms with Crippen LogP contribution in [-0.2, 0) is 6.42 Å². The van der Waals surface area contributed by atoms with Crippen molar-refractivity contribution in [1.29, 1.82) is 0 Å². The smallest absolute Gasteiger partial charge is 0.177 e. The molecule has 0 bridgehead atoms. The molecule has 0 aliphatic heterocycles. The van der Waals surface area contributed by atoms with Crippen LogP contribution in [0.1, 0.15) is 31.5 Å². The molecular formula is C12H16N4. The van der Waals surface area contributed by atoms with Gasteiger partial charge in [0.15, 0.2) is 5.65 Å². The number of fused-ring (bicyclic) bond motifs is 1. The molecule has 16 heavy (non-hydrogen) atoms. The summed E-state index contributed by atoms with van der Waals surface area (Å²) in [4.78, 5) is 12.0. The summed E-state index contributed by atoms with van der Waals surface area (Å²) >= 11 is 0. The standard InChI is InChI=1S/C12H16N4/c13-12(5-1-2-6-12)8-10-15-9-4-3-7-14-11(9)16-10/h3-4,7H,1-2,5-6,8,13H2,(H,14,15,16). The Kier molecular flexibility index (Phi) is 2.17. The van der Waals surface area contributed by atoms with E-state index in [0.29, 0.717) is 0 Å². The van der Waals surface area contributed by atoms with Crippen LogP contribution in [0.3, 0.4) is 0 Å². The van der Waals surface area contributed by atoms with Crippen molar-refractivity contribution in [1.82, 2.24) is 15.0 Å². The summed E-state index contributed by atoms with van der Waals surface area (Å²) in [5, 5.41) is 0. The van der Waals surface area contributed by atoms with E-state index in [-0.39, 0.29) is 5.54 Å². The summed E-state index contributed by atoms with van der Waals surface area (Å²) in [6.45, 7) is 0. The zero-order valence-corrected chi connectivity index (χ0v) is 9.24. The number of hydrogen-bond donors (Lipinski definition) is 2. The van der Waals surface area contributed by atoms with Crippen LogP contribution in [0.5, 0.6) is 0 Å². The van der Waals surface area contributed by atoms with E-state index in [4.69, 9.17) is 5.73 Å². The number of aromatic nitrogens is 3. The summed E-state index contributed by atoms with van der Waals surface area (Å²) in [6, 6.07) is 3.91. The molecule has 1 aliphatic carbocycles. The minimum atomic E-state index is -0.0477. The molecule has 1 saturated carbocycles. The molecule has 0 aromatic carbocycles. The maximum absolute atomic E-state index is 6.33. The van der Waals surface area contributed by atoms with Gasteiger partial charge in [-0.05, 0) is 25.0 Å². The van der Waals surface area contributed by atoms with Crippen LogP contribution in [0.2, 0.25) is 0 Å². The summed E-state index contributed by atoms with van der Waals surface area (Å²) < 4.78 is 0. The van der Waals surface area contributed by atoms with Crippen molar-refractivity contribution in [3.8, 4) is 0 Å². The van der Waals surface area contributed by atoms with Crippen LogP contribution >= 0.6 is 0 Å². The number of nitrogens with zero attached hydrogens (tertiary/aromatic N) is 2. The van der Waals surface area contributed by atoms with Gasteiger partial charge in [0, 0.05) is 18.2 Å². The highest BCUT2D eigenvalue weighted by Gasteiger charge is 2.30. The first kappa shape index (κ1) is 9.78. The molecule has 84 valence electrons. The fourth-order valence-electron chi connectivity index (χ4n) is 2.57. The Hall–Kier alpha value is -1.42. The van der Waals surface area contributed by atoms with Gasteiger partial charge in [-0.1, -0.05) is 12.8 Å². The van der Waals surface area contributed by atoms with Gasteiger partial charge >= 0.3 is 0 Å². The van der Waals surface area contributed by atoms with E-state index >= 15 is 0 Å². The van der Waals surface area contributed by atoms with Crippen molar-refractivity contribution < 1.29 is 0 Å². The number of pyridine rings is 1. The van der Waals surface area contributed by atoms with Gasteiger partial charge in [-0.2, -0.15) is 0 Å². The summed E-state index contributed by atoms with van der Waals surface area (Å²) in [5.74, 6) is 0.970. The molecule has 2 aromatic heterocycles. The number of nitrogens with one attached hydrogen (secondary N) is 1. The van der Waals surface area contributed by atoms with Crippen LogP contribution in [0.15, 0.2) is 18.3 Å². The summed E-state index contributed by atoms with van der Waals surface area (Å²) in [5.41, 5.74) is 8.07. The van der Waals surface area contributed by atoms with E-state index in [0.717, 1.165) is 36.3 Å². The van der Waals surface area contributed by atoms with Gasteiger partial charge in [-0.15, -0.1) is 0 Å². The van der Waals surface area contributed by atoms with Crippen molar-refractivity contribution in [2.45, 2.75) is 37.6 Å². The largest absolute Gasteiger partial charge is 0.341 e. The lowest BCUT2D eigenvalue weighted by Crippen LogP contribution is -2.39. The molecule has 4 nitrogen and oxygen atoms in total. The van der Waals surface area contributed by atoms with Crippen molar-refractivity contribution in [3.05, 3.63) is 24.2 Å². The molecule has 0 radical (unpaired) electrons. The van der Waals surface area contributed by atoms with Crippen molar-refractivity contribution in [2.24, 2.45) is 5.73 Å². The second-order valence-electron chi connectivity index (χ2n) is 4.80. The quantitative estimate of drug-likeness (QED) is 0.804. The first-order valence-electron chi connectivity index (χ1n) is 5.84. The molecule has 0 unspecified atom stereocenters. The van der Waals surface area contributed by atoms with Gasteiger partial charge in [0.2, 0.25) is 0 Å². The average molecular weight is 216 g/mol. The third kappa shape index (κ3) is 1.69. The predicted molar refractivity (Wildman–Crippen MR) is 63.0 cm³/mol. The van der Waals surface area contributed by atoms with E-state index < -0.39 is 0 Å². The first-order chi connectivity index (χ1) is 7.75. The lowest BCUT2D eigenvalue weighted by Gasteiger charge is -2.21. The molecule has 0 spiro atoms. The Labute approximate surface area is 94.3 Å². The minimum Gasteiger partial charge on any atom is -0.341 e. The fraction of sp³-hybridized carbons (Fsp3) is 0.500. The van der Waals surface area contributed by atoms with Crippen molar-refractivity contribution >= 4 is 11.2 Å². The summed E-state index contributed by atoms with van der Waals surface area (Å²) in [6.07, 6.45) is 7.31. The molecule has 1 fully saturated rings. The van der Waals surface area contributed by atoms with Crippen LogP contribution in [0.25, 0.3) is 11.2 Å². The van der Waals surface area contributed by atoms with Gasteiger partial charge in [-0.3, -0.25) is 0 Å². The zero-order valence-electron chi connectivity index (χ0n) is 9.24. The number of nitrogens with two attached hydrogens (primary N) is 1. The Morgan fingerprint density at radius 2 is 2.19 bits per heavy atom. The van der Waals surface area contributed by atoms with Crippen LogP contribution in [0, 0.1) is 0 Å². The SMILES string of the molecule is NC1(Cc2nc3ncccc3[nH]2)CCCC1. The number of rotatable bonds is 2. The van der Waals surface area contributed by atoms with E-state index in [1.807, 2.05) is 12.1 Å². The van der Waals surface area contributed by atoms with E-state index in [1.165, 1.54) is 12.8 Å². The van der Waals surface area contributed by atoms with Gasteiger partial charge in [0.25, 0.3) is 0 Å². The van der Waals surface area contributed by atoms with Crippen molar-refractivity contribution in [3.63, 3.8) is 0 Å². The second-order valence-corrected chi connectivity index (χ2v) is 4.80. The van der Waals surface area contributed by atoms with Gasteiger partial charge in [0.05, 0.1) is 5.52 Å². The number of imidazole rings is 1. The normalized spacial score (nSPS) is 19.3. The highest BCUT2D eigenvalue weighted by Crippen LogP contribution is 2.29. The number of aromatic amines is 1. The van der Waals surface area contributed by atoms with E-state index in [9.17, 15) is 0 Å². The molecular weight excluding hydrogens is 200 g/mol.